The molecule has 17 heavy (non-hydrogen) atoms. The van der Waals surface area contributed by atoms with Gasteiger partial charge in [0.15, 0.2) is 0 Å². The number of Topliss-reactive ketones (excluding diaryl/α,β-unsaturated/α-hetero) is 1. The molecule has 0 aromatic heterocycles. The summed E-state index contributed by atoms with van der Waals surface area (Å²) in [5, 5.41) is 0. The predicted molar refractivity (Wildman–Crippen MR) is 71.9 cm³/mol. The summed E-state index contributed by atoms with van der Waals surface area (Å²) in [7, 11) is 0. The number of rotatable bonds is 5. The third-order valence-corrected chi connectivity index (χ3v) is 4.95. The average molecular weight is 236 g/mol. The Bertz CT molecular complexity index is 256. The quantitative estimate of drug-likeness (QED) is 0.638. The summed E-state index contributed by atoms with van der Waals surface area (Å²) in [5.74, 6) is 3.57. The van der Waals surface area contributed by atoms with Crippen molar-refractivity contribution in [1.29, 1.82) is 0 Å². The lowest BCUT2D eigenvalue weighted by atomic mass is 9.76. The molecule has 0 bridgehead atoms. The van der Waals surface area contributed by atoms with Crippen LogP contribution in [0.25, 0.3) is 0 Å². The molecule has 0 aromatic rings. The van der Waals surface area contributed by atoms with Gasteiger partial charge in [-0.1, -0.05) is 39.5 Å². The minimum atomic E-state index is 0.471. The van der Waals surface area contributed by atoms with E-state index in [1.807, 2.05) is 0 Å². The van der Waals surface area contributed by atoms with Crippen LogP contribution in [0.4, 0.5) is 0 Å². The molecule has 2 aliphatic carbocycles. The molecule has 0 N–H and O–H groups in total. The number of ketones is 1. The van der Waals surface area contributed by atoms with E-state index in [0.29, 0.717) is 11.7 Å². The van der Waals surface area contributed by atoms with Gasteiger partial charge in [-0.2, -0.15) is 0 Å². The van der Waals surface area contributed by atoms with Crippen molar-refractivity contribution < 1.29 is 4.79 Å². The average Bonchev–Trinajstić information content (AvgIpc) is 2.69. The molecule has 0 unspecified atom stereocenters. The van der Waals surface area contributed by atoms with Crippen LogP contribution in [-0.2, 0) is 4.79 Å². The zero-order valence-electron chi connectivity index (χ0n) is 11.6. The highest BCUT2D eigenvalue weighted by molar-refractivity contribution is 5.82. The standard InChI is InChI=1S/C16H28O/c1-12(2)6-3-4-7-13-10-11-15-14(13)8-5-9-16(15)17/h12-15H,3-11H2,1-2H3/t13-,14+,15+/m0/s1. The van der Waals surface area contributed by atoms with Gasteiger partial charge >= 0.3 is 0 Å². The molecular weight excluding hydrogens is 208 g/mol. The normalized spacial score (nSPS) is 33.1. The van der Waals surface area contributed by atoms with Crippen molar-refractivity contribution in [2.24, 2.45) is 23.7 Å². The predicted octanol–water partition coefficient (Wildman–Crippen LogP) is 4.60. The first-order chi connectivity index (χ1) is 8.18. The summed E-state index contributed by atoms with van der Waals surface area (Å²) < 4.78 is 0. The van der Waals surface area contributed by atoms with E-state index in [0.717, 1.165) is 24.2 Å². The lowest BCUT2D eigenvalue weighted by Gasteiger charge is -2.28. The third kappa shape index (κ3) is 3.33. The monoisotopic (exact) mass is 236 g/mol. The molecule has 1 nitrogen and oxygen atoms in total. The van der Waals surface area contributed by atoms with Crippen LogP contribution in [0.15, 0.2) is 0 Å². The van der Waals surface area contributed by atoms with E-state index in [2.05, 4.69) is 13.8 Å². The number of fused-ring (bicyclic) bond motifs is 1. The van der Waals surface area contributed by atoms with Crippen LogP contribution in [-0.4, -0.2) is 5.78 Å². The Kier molecular flexibility index (Phi) is 4.64. The second-order valence-corrected chi connectivity index (χ2v) is 6.64. The van der Waals surface area contributed by atoms with Crippen molar-refractivity contribution in [2.75, 3.05) is 0 Å². The van der Waals surface area contributed by atoms with Crippen molar-refractivity contribution >= 4 is 5.78 Å². The molecule has 98 valence electrons. The van der Waals surface area contributed by atoms with Gasteiger partial charge in [0.2, 0.25) is 0 Å². The van der Waals surface area contributed by atoms with Gasteiger partial charge in [-0.15, -0.1) is 0 Å². The largest absolute Gasteiger partial charge is 0.299 e. The second-order valence-electron chi connectivity index (χ2n) is 6.64. The summed E-state index contributed by atoms with van der Waals surface area (Å²) in [5.41, 5.74) is 0. The molecule has 1 heteroatoms. The Labute approximate surface area is 106 Å². The van der Waals surface area contributed by atoms with Gasteiger partial charge in [0.25, 0.3) is 0 Å². The molecule has 0 heterocycles. The number of hydrogen-bond donors (Lipinski definition) is 0. The van der Waals surface area contributed by atoms with Gasteiger partial charge in [0.05, 0.1) is 0 Å². The van der Waals surface area contributed by atoms with Crippen LogP contribution < -0.4 is 0 Å². The van der Waals surface area contributed by atoms with Gasteiger partial charge < -0.3 is 0 Å². The smallest absolute Gasteiger partial charge is 0.136 e. The van der Waals surface area contributed by atoms with Crippen LogP contribution in [0, 0.1) is 23.7 Å². The Morgan fingerprint density at radius 1 is 1.18 bits per heavy atom. The maximum Gasteiger partial charge on any atom is 0.136 e. The highest BCUT2D eigenvalue weighted by Gasteiger charge is 2.41. The molecule has 0 radical (unpaired) electrons. The SMILES string of the molecule is CC(C)CCCC[C@H]1CC[C@H]2C(=O)CCC[C@H]12. The number of carbonyl (C=O) groups excluding carboxylic acids is 1. The van der Waals surface area contributed by atoms with Crippen LogP contribution in [0.5, 0.6) is 0 Å². The maximum atomic E-state index is 11.8. The molecule has 2 rings (SSSR count). The fraction of sp³-hybridized carbons (Fsp3) is 0.938. The van der Waals surface area contributed by atoms with Crippen molar-refractivity contribution in [1.82, 2.24) is 0 Å². The Hall–Kier alpha value is -0.330. The molecule has 0 saturated heterocycles. The molecule has 0 amide bonds. The summed E-state index contributed by atoms with van der Waals surface area (Å²) in [6.07, 6.45) is 11.5. The fourth-order valence-corrected chi connectivity index (χ4v) is 4.00. The summed E-state index contributed by atoms with van der Waals surface area (Å²) in [4.78, 5) is 11.8. The third-order valence-electron chi connectivity index (χ3n) is 4.95. The Morgan fingerprint density at radius 2 is 2.00 bits per heavy atom. The molecule has 3 atom stereocenters. The van der Waals surface area contributed by atoms with E-state index in [4.69, 9.17) is 0 Å². The van der Waals surface area contributed by atoms with Gasteiger partial charge in [-0.3, -0.25) is 4.79 Å². The molecule has 2 aliphatic rings. The molecule has 2 saturated carbocycles. The van der Waals surface area contributed by atoms with Gasteiger partial charge in [0, 0.05) is 12.3 Å². The maximum absolute atomic E-state index is 11.8. The summed E-state index contributed by atoms with van der Waals surface area (Å²) >= 11 is 0. The van der Waals surface area contributed by atoms with Crippen molar-refractivity contribution in [3.8, 4) is 0 Å². The van der Waals surface area contributed by atoms with E-state index in [-0.39, 0.29) is 0 Å². The van der Waals surface area contributed by atoms with E-state index >= 15 is 0 Å². The van der Waals surface area contributed by atoms with E-state index in [1.54, 1.807) is 0 Å². The summed E-state index contributed by atoms with van der Waals surface area (Å²) in [6.45, 7) is 4.62. The van der Waals surface area contributed by atoms with Crippen molar-refractivity contribution in [3.05, 3.63) is 0 Å². The second kappa shape index (κ2) is 6.02. The van der Waals surface area contributed by atoms with Crippen molar-refractivity contribution in [2.45, 2.75) is 71.6 Å². The minimum absolute atomic E-state index is 0.471. The zero-order chi connectivity index (χ0) is 12.3. The summed E-state index contributed by atoms with van der Waals surface area (Å²) in [6, 6.07) is 0. The molecule has 0 aliphatic heterocycles. The number of hydrogen-bond acceptors (Lipinski definition) is 1. The molecule has 0 aromatic carbocycles. The van der Waals surface area contributed by atoms with Crippen LogP contribution in [0.3, 0.4) is 0 Å². The lowest BCUT2D eigenvalue weighted by Crippen LogP contribution is -2.27. The van der Waals surface area contributed by atoms with Gasteiger partial charge in [-0.05, 0) is 43.4 Å². The first-order valence-corrected chi connectivity index (χ1v) is 7.71. The van der Waals surface area contributed by atoms with E-state index in [9.17, 15) is 4.79 Å². The number of unbranched alkanes of at least 4 members (excludes halogenated alkanes) is 1. The van der Waals surface area contributed by atoms with Gasteiger partial charge in [0.1, 0.15) is 5.78 Å². The zero-order valence-corrected chi connectivity index (χ0v) is 11.6. The van der Waals surface area contributed by atoms with Gasteiger partial charge in [-0.25, -0.2) is 0 Å². The first-order valence-electron chi connectivity index (χ1n) is 7.71. The van der Waals surface area contributed by atoms with Crippen molar-refractivity contribution in [3.63, 3.8) is 0 Å². The lowest BCUT2D eigenvalue weighted by molar-refractivity contribution is -0.126. The van der Waals surface area contributed by atoms with Crippen LogP contribution in [0.2, 0.25) is 0 Å². The first kappa shape index (κ1) is 13.1. The number of carbonyl (C=O) groups is 1. The minimum Gasteiger partial charge on any atom is -0.299 e. The topological polar surface area (TPSA) is 17.1 Å². The Morgan fingerprint density at radius 3 is 2.76 bits per heavy atom. The highest BCUT2D eigenvalue weighted by atomic mass is 16.1. The fourth-order valence-electron chi connectivity index (χ4n) is 4.00. The highest BCUT2D eigenvalue weighted by Crippen LogP contribution is 2.46. The van der Waals surface area contributed by atoms with Crippen LogP contribution in [0.1, 0.15) is 71.6 Å². The molecule has 0 spiro atoms. The van der Waals surface area contributed by atoms with Crippen LogP contribution >= 0.6 is 0 Å². The molecular formula is C16H28O. The Balaban J connectivity index is 1.73. The van der Waals surface area contributed by atoms with E-state index < -0.39 is 0 Å². The molecule has 2 fully saturated rings. The van der Waals surface area contributed by atoms with E-state index in [1.165, 1.54) is 51.4 Å².